The van der Waals surface area contributed by atoms with Crippen LogP contribution in [0.1, 0.15) is 22.9 Å². The fraction of sp³-hybridized carbons (Fsp3) is 0.214. The number of aromatic nitrogens is 1. The van der Waals surface area contributed by atoms with Crippen molar-refractivity contribution in [3.63, 3.8) is 0 Å². The molecule has 0 aliphatic rings. The van der Waals surface area contributed by atoms with Gasteiger partial charge in [0.2, 0.25) is 0 Å². The first-order valence-electron chi connectivity index (χ1n) is 5.93. The molecular weight excluding hydrogens is 370 g/mol. The molecule has 1 aromatic heterocycles. The van der Waals surface area contributed by atoms with Crippen molar-refractivity contribution in [3.05, 3.63) is 62.3 Å². The minimum Gasteiger partial charge on any atom is -0.271 e. The van der Waals surface area contributed by atoms with Crippen molar-refractivity contribution in [3.8, 4) is 0 Å². The van der Waals surface area contributed by atoms with E-state index in [1.807, 2.05) is 18.2 Å². The molecule has 0 saturated carbocycles. The number of hydrazine groups is 1. The summed E-state index contributed by atoms with van der Waals surface area (Å²) < 4.78 is 1.88. The summed E-state index contributed by atoms with van der Waals surface area (Å²) in [5, 5.41) is 0. The number of pyridine rings is 1. The maximum atomic E-state index is 5.69. The van der Waals surface area contributed by atoms with Crippen molar-refractivity contribution in [2.45, 2.75) is 19.4 Å². The van der Waals surface area contributed by atoms with E-state index in [4.69, 9.17) is 5.84 Å². The van der Waals surface area contributed by atoms with Crippen LogP contribution in [-0.4, -0.2) is 4.98 Å². The van der Waals surface area contributed by atoms with Gasteiger partial charge in [-0.25, -0.2) is 0 Å². The van der Waals surface area contributed by atoms with Gasteiger partial charge in [0.15, 0.2) is 0 Å². The van der Waals surface area contributed by atoms with E-state index in [1.165, 1.54) is 11.1 Å². The molecule has 100 valence electrons. The molecule has 19 heavy (non-hydrogen) atoms. The van der Waals surface area contributed by atoms with Crippen LogP contribution in [0.4, 0.5) is 0 Å². The molecule has 3 nitrogen and oxygen atoms in total. The Labute approximate surface area is 129 Å². The molecule has 0 amide bonds. The lowest BCUT2D eigenvalue weighted by molar-refractivity contribution is 0.535. The maximum Gasteiger partial charge on any atom is 0.0732 e. The highest BCUT2D eigenvalue weighted by molar-refractivity contribution is 9.11. The molecular formula is C14H15Br2N3. The van der Waals surface area contributed by atoms with Crippen LogP contribution in [0, 0.1) is 6.92 Å². The van der Waals surface area contributed by atoms with Gasteiger partial charge < -0.3 is 0 Å². The van der Waals surface area contributed by atoms with Crippen molar-refractivity contribution >= 4 is 31.9 Å². The van der Waals surface area contributed by atoms with Gasteiger partial charge in [0, 0.05) is 15.1 Å². The first kappa shape index (κ1) is 14.7. The third-order valence-electron chi connectivity index (χ3n) is 3.05. The number of hydrogen-bond donors (Lipinski definition) is 2. The second kappa shape index (κ2) is 6.61. The number of hydrogen-bond acceptors (Lipinski definition) is 3. The fourth-order valence-electron chi connectivity index (χ4n) is 1.98. The van der Waals surface area contributed by atoms with Gasteiger partial charge in [0.1, 0.15) is 0 Å². The van der Waals surface area contributed by atoms with E-state index in [0.717, 1.165) is 21.1 Å². The average molecular weight is 385 g/mol. The van der Waals surface area contributed by atoms with E-state index in [-0.39, 0.29) is 6.04 Å². The molecule has 0 fully saturated rings. The van der Waals surface area contributed by atoms with Crippen LogP contribution in [0.25, 0.3) is 0 Å². The number of rotatable bonds is 4. The summed E-state index contributed by atoms with van der Waals surface area (Å²) in [6.45, 7) is 2.10. The summed E-state index contributed by atoms with van der Waals surface area (Å²) in [4.78, 5) is 4.44. The van der Waals surface area contributed by atoms with E-state index in [2.05, 4.69) is 61.3 Å². The minimum absolute atomic E-state index is 0.0245. The lowest BCUT2D eigenvalue weighted by atomic mass is 9.99. The van der Waals surface area contributed by atoms with Crippen molar-refractivity contribution in [2.24, 2.45) is 5.84 Å². The van der Waals surface area contributed by atoms with Gasteiger partial charge in [-0.05, 0) is 62.4 Å². The molecule has 0 aliphatic heterocycles. The number of aryl methyl sites for hydroxylation is 1. The number of nitrogens with two attached hydrogens (primary N) is 1. The number of benzene rings is 1. The second-order valence-electron chi connectivity index (χ2n) is 4.37. The Hall–Kier alpha value is -0.750. The fourth-order valence-corrected chi connectivity index (χ4v) is 3.24. The number of nitrogens with one attached hydrogen (secondary N) is 1. The van der Waals surface area contributed by atoms with Gasteiger partial charge in [-0.2, -0.15) is 0 Å². The van der Waals surface area contributed by atoms with Crippen molar-refractivity contribution in [1.29, 1.82) is 0 Å². The molecule has 3 N–H and O–H groups in total. The highest BCUT2D eigenvalue weighted by Crippen LogP contribution is 2.27. The highest BCUT2D eigenvalue weighted by atomic mass is 79.9. The zero-order chi connectivity index (χ0) is 13.8. The van der Waals surface area contributed by atoms with Gasteiger partial charge in [0.05, 0.1) is 11.7 Å². The molecule has 2 aromatic rings. The summed E-state index contributed by atoms with van der Waals surface area (Å²) in [5.41, 5.74) is 6.28. The normalized spacial score (nSPS) is 12.4. The third-order valence-corrected chi connectivity index (χ3v) is 4.12. The molecule has 1 aromatic carbocycles. The van der Waals surface area contributed by atoms with E-state index in [9.17, 15) is 0 Å². The van der Waals surface area contributed by atoms with E-state index < -0.39 is 0 Å². The molecule has 0 aliphatic carbocycles. The summed E-state index contributed by atoms with van der Waals surface area (Å²) in [6, 6.07) is 10.3. The van der Waals surface area contributed by atoms with Crippen LogP contribution in [-0.2, 0) is 6.42 Å². The Bertz CT molecular complexity index is 572. The summed E-state index contributed by atoms with van der Waals surface area (Å²) in [7, 11) is 0. The smallest absolute Gasteiger partial charge is 0.0732 e. The molecule has 1 unspecified atom stereocenters. The van der Waals surface area contributed by atoms with E-state index in [1.54, 1.807) is 6.20 Å². The number of nitrogens with zero attached hydrogens (tertiary/aromatic N) is 1. The van der Waals surface area contributed by atoms with Crippen LogP contribution < -0.4 is 11.3 Å². The lowest BCUT2D eigenvalue weighted by Gasteiger charge is -2.18. The van der Waals surface area contributed by atoms with Gasteiger partial charge in [0.25, 0.3) is 0 Å². The number of halogens is 2. The summed E-state index contributed by atoms with van der Waals surface area (Å²) in [6.07, 6.45) is 2.58. The Kier molecular flexibility index (Phi) is 5.10. The molecule has 0 spiro atoms. The monoisotopic (exact) mass is 383 g/mol. The molecule has 0 saturated heterocycles. The molecule has 1 atom stereocenters. The van der Waals surface area contributed by atoms with Crippen LogP contribution >= 0.6 is 31.9 Å². The SMILES string of the molecule is Cc1ccccc1CC(NN)c1ncc(Br)cc1Br. The average Bonchev–Trinajstić information content (AvgIpc) is 2.39. The maximum absolute atomic E-state index is 5.69. The van der Waals surface area contributed by atoms with Gasteiger partial charge in [-0.15, -0.1) is 0 Å². The lowest BCUT2D eigenvalue weighted by Crippen LogP contribution is -2.30. The quantitative estimate of drug-likeness (QED) is 0.624. The van der Waals surface area contributed by atoms with Gasteiger partial charge in [-0.1, -0.05) is 24.3 Å². The van der Waals surface area contributed by atoms with Crippen LogP contribution in [0.2, 0.25) is 0 Å². The second-order valence-corrected chi connectivity index (χ2v) is 6.14. The minimum atomic E-state index is -0.0245. The predicted molar refractivity (Wildman–Crippen MR) is 84.6 cm³/mol. The standard InChI is InChI=1S/C14H15Br2N3/c1-9-4-2-3-5-10(9)6-13(19-17)14-12(16)7-11(15)8-18-14/h2-5,7-8,13,19H,6,17H2,1H3. The topological polar surface area (TPSA) is 50.9 Å². The molecule has 0 bridgehead atoms. The molecule has 2 rings (SSSR count). The van der Waals surface area contributed by atoms with Gasteiger partial charge >= 0.3 is 0 Å². The van der Waals surface area contributed by atoms with E-state index in [0.29, 0.717) is 0 Å². The first-order valence-corrected chi connectivity index (χ1v) is 7.52. The van der Waals surface area contributed by atoms with Crippen molar-refractivity contribution in [2.75, 3.05) is 0 Å². The van der Waals surface area contributed by atoms with Crippen LogP contribution in [0.3, 0.4) is 0 Å². The molecule has 5 heteroatoms. The largest absolute Gasteiger partial charge is 0.271 e. The van der Waals surface area contributed by atoms with Crippen molar-refractivity contribution in [1.82, 2.24) is 10.4 Å². The Morgan fingerprint density at radius 1 is 1.32 bits per heavy atom. The Morgan fingerprint density at radius 2 is 2.05 bits per heavy atom. The van der Waals surface area contributed by atoms with Gasteiger partial charge in [-0.3, -0.25) is 16.3 Å². The first-order chi connectivity index (χ1) is 9.11. The Balaban J connectivity index is 2.28. The predicted octanol–water partition coefficient (Wildman–Crippen LogP) is 3.66. The summed E-state index contributed by atoms with van der Waals surface area (Å²) >= 11 is 6.93. The van der Waals surface area contributed by atoms with E-state index >= 15 is 0 Å². The molecule has 0 radical (unpaired) electrons. The van der Waals surface area contributed by atoms with Crippen LogP contribution in [0.15, 0.2) is 45.5 Å². The van der Waals surface area contributed by atoms with Crippen LogP contribution in [0.5, 0.6) is 0 Å². The zero-order valence-electron chi connectivity index (χ0n) is 10.5. The van der Waals surface area contributed by atoms with Crippen molar-refractivity contribution < 1.29 is 0 Å². The zero-order valence-corrected chi connectivity index (χ0v) is 13.7. The highest BCUT2D eigenvalue weighted by Gasteiger charge is 2.16. The molecule has 1 heterocycles. The Morgan fingerprint density at radius 3 is 2.68 bits per heavy atom. The third kappa shape index (κ3) is 3.63. The summed E-state index contributed by atoms with van der Waals surface area (Å²) in [5.74, 6) is 5.69.